The van der Waals surface area contributed by atoms with Crippen LogP contribution in [0.4, 0.5) is 13.2 Å². The molecule has 2 unspecified atom stereocenters. The van der Waals surface area contributed by atoms with Crippen molar-refractivity contribution >= 4 is 5.71 Å². The molecule has 0 saturated carbocycles. The van der Waals surface area contributed by atoms with Crippen LogP contribution in [0.5, 0.6) is 5.75 Å². The molecule has 0 saturated heterocycles. The van der Waals surface area contributed by atoms with Crippen LogP contribution in [0, 0.1) is 0 Å². The van der Waals surface area contributed by atoms with Gasteiger partial charge in [0, 0.05) is 12.0 Å². The standard InChI is InChI=1S/C21H19F3N4O2/c1-20(12-29-17-5-3-2-4-6-17)11-18(28-14-25-13-26-28)19(27-30-20)15-7-9-16(10-8-15)21(22,23)24/h2-10,13-14,18H,11-12H2,1H3. The van der Waals surface area contributed by atoms with E-state index >= 15 is 0 Å². The topological polar surface area (TPSA) is 61.5 Å². The molecule has 156 valence electrons. The molecule has 3 aromatic rings. The predicted octanol–water partition coefficient (Wildman–Crippen LogP) is 4.50. The Morgan fingerprint density at radius 1 is 1.13 bits per heavy atom. The molecule has 2 heterocycles. The van der Waals surface area contributed by atoms with Crippen LogP contribution in [0.25, 0.3) is 0 Å². The molecule has 2 atom stereocenters. The number of halogens is 3. The first-order valence-corrected chi connectivity index (χ1v) is 9.30. The van der Waals surface area contributed by atoms with Crippen molar-refractivity contribution in [2.45, 2.75) is 31.2 Å². The molecule has 30 heavy (non-hydrogen) atoms. The summed E-state index contributed by atoms with van der Waals surface area (Å²) >= 11 is 0. The van der Waals surface area contributed by atoms with Gasteiger partial charge in [-0.05, 0) is 31.2 Å². The van der Waals surface area contributed by atoms with E-state index in [-0.39, 0.29) is 12.6 Å². The van der Waals surface area contributed by atoms with Gasteiger partial charge in [0.15, 0.2) is 5.60 Å². The van der Waals surface area contributed by atoms with E-state index in [1.165, 1.54) is 18.5 Å². The fourth-order valence-electron chi connectivity index (χ4n) is 3.27. The van der Waals surface area contributed by atoms with Crippen molar-refractivity contribution in [3.63, 3.8) is 0 Å². The maximum Gasteiger partial charge on any atom is 0.416 e. The average Bonchev–Trinajstić information content (AvgIpc) is 3.28. The fourth-order valence-corrected chi connectivity index (χ4v) is 3.27. The number of alkyl halides is 3. The fraction of sp³-hybridized carbons (Fsp3) is 0.286. The van der Waals surface area contributed by atoms with E-state index in [1.807, 2.05) is 37.3 Å². The van der Waals surface area contributed by atoms with Gasteiger partial charge in [0.05, 0.1) is 5.56 Å². The minimum absolute atomic E-state index is 0.242. The second-order valence-electron chi connectivity index (χ2n) is 7.29. The Hall–Kier alpha value is -3.36. The van der Waals surface area contributed by atoms with E-state index in [0.29, 0.717) is 23.4 Å². The normalized spacial score (nSPS) is 21.6. The third-order valence-electron chi connectivity index (χ3n) is 4.86. The minimum atomic E-state index is -4.40. The van der Waals surface area contributed by atoms with Crippen molar-refractivity contribution in [3.8, 4) is 5.75 Å². The monoisotopic (exact) mass is 416 g/mol. The van der Waals surface area contributed by atoms with Crippen molar-refractivity contribution in [3.05, 3.63) is 78.4 Å². The lowest BCUT2D eigenvalue weighted by Gasteiger charge is -2.35. The number of para-hydroxylation sites is 1. The smallest absolute Gasteiger partial charge is 0.416 e. The molecule has 0 fully saturated rings. The Kier molecular flexibility index (Phi) is 5.19. The Labute approximate surface area is 170 Å². The van der Waals surface area contributed by atoms with Crippen molar-refractivity contribution in [2.24, 2.45) is 5.16 Å². The Morgan fingerprint density at radius 2 is 1.87 bits per heavy atom. The van der Waals surface area contributed by atoms with Crippen molar-refractivity contribution in [1.29, 1.82) is 0 Å². The van der Waals surface area contributed by atoms with E-state index in [4.69, 9.17) is 9.57 Å². The van der Waals surface area contributed by atoms with E-state index in [9.17, 15) is 13.2 Å². The summed E-state index contributed by atoms with van der Waals surface area (Å²) in [6.45, 7) is 2.11. The molecule has 4 rings (SSSR count). The molecule has 1 aromatic heterocycles. The van der Waals surface area contributed by atoms with Crippen LogP contribution >= 0.6 is 0 Å². The molecular weight excluding hydrogens is 397 g/mol. The van der Waals surface area contributed by atoms with Crippen molar-refractivity contribution < 1.29 is 22.7 Å². The zero-order chi connectivity index (χ0) is 21.2. The number of nitrogens with zero attached hydrogens (tertiary/aromatic N) is 4. The quantitative estimate of drug-likeness (QED) is 0.615. The third kappa shape index (κ3) is 4.29. The van der Waals surface area contributed by atoms with E-state index in [2.05, 4.69) is 15.2 Å². The van der Waals surface area contributed by atoms with Gasteiger partial charge >= 0.3 is 6.18 Å². The molecule has 0 radical (unpaired) electrons. The number of ether oxygens (including phenoxy) is 1. The predicted molar refractivity (Wildman–Crippen MR) is 103 cm³/mol. The van der Waals surface area contributed by atoms with Crippen LogP contribution in [-0.2, 0) is 11.0 Å². The molecule has 9 heteroatoms. The molecular formula is C21H19F3N4O2. The van der Waals surface area contributed by atoms with Gasteiger partial charge < -0.3 is 9.57 Å². The van der Waals surface area contributed by atoms with Crippen LogP contribution in [-0.4, -0.2) is 32.7 Å². The number of aromatic nitrogens is 3. The lowest BCUT2D eigenvalue weighted by atomic mass is 9.90. The number of oxime groups is 1. The van der Waals surface area contributed by atoms with Gasteiger partial charge in [-0.3, -0.25) is 0 Å². The van der Waals surface area contributed by atoms with Crippen LogP contribution in [0.15, 0.2) is 72.4 Å². The summed E-state index contributed by atoms with van der Waals surface area (Å²) in [5.41, 5.74) is -0.482. The number of hydrogen-bond acceptors (Lipinski definition) is 5. The average molecular weight is 416 g/mol. The number of benzene rings is 2. The van der Waals surface area contributed by atoms with Crippen LogP contribution in [0.1, 0.15) is 30.5 Å². The third-order valence-corrected chi connectivity index (χ3v) is 4.86. The highest BCUT2D eigenvalue weighted by Crippen LogP contribution is 2.34. The van der Waals surface area contributed by atoms with Gasteiger partial charge in [-0.25, -0.2) is 9.67 Å². The maximum absolute atomic E-state index is 12.9. The summed E-state index contributed by atoms with van der Waals surface area (Å²) in [6, 6.07) is 13.8. The highest BCUT2D eigenvalue weighted by molar-refractivity contribution is 6.03. The summed E-state index contributed by atoms with van der Waals surface area (Å²) in [5, 5.41) is 8.47. The molecule has 0 spiro atoms. The van der Waals surface area contributed by atoms with Crippen LogP contribution < -0.4 is 4.74 Å². The Bertz CT molecular complexity index is 1000. The summed E-state index contributed by atoms with van der Waals surface area (Å²) in [6.07, 6.45) is -1.00. The summed E-state index contributed by atoms with van der Waals surface area (Å²) in [7, 11) is 0. The van der Waals surface area contributed by atoms with Crippen LogP contribution in [0.3, 0.4) is 0 Å². The van der Waals surface area contributed by atoms with Gasteiger partial charge in [0.25, 0.3) is 0 Å². The molecule has 0 N–H and O–H groups in total. The first-order chi connectivity index (χ1) is 14.3. The Morgan fingerprint density at radius 3 is 2.50 bits per heavy atom. The van der Waals surface area contributed by atoms with Crippen molar-refractivity contribution in [1.82, 2.24) is 14.8 Å². The molecule has 0 bridgehead atoms. The van der Waals surface area contributed by atoms with Crippen LogP contribution in [0.2, 0.25) is 0 Å². The zero-order valence-corrected chi connectivity index (χ0v) is 16.1. The van der Waals surface area contributed by atoms with Crippen molar-refractivity contribution in [2.75, 3.05) is 6.61 Å². The lowest BCUT2D eigenvalue weighted by Crippen LogP contribution is -2.43. The van der Waals surface area contributed by atoms with E-state index < -0.39 is 17.3 Å². The molecule has 0 amide bonds. The molecule has 0 aliphatic carbocycles. The summed E-state index contributed by atoms with van der Waals surface area (Å²) in [4.78, 5) is 9.75. The first kappa shape index (κ1) is 19.9. The number of hydrogen-bond donors (Lipinski definition) is 0. The maximum atomic E-state index is 12.9. The lowest BCUT2D eigenvalue weighted by molar-refractivity contribution is -0.137. The molecule has 2 aromatic carbocycles. The van der Waals surface area contributed by atoms with Gasteiger partial charge in [0.2, 0.25) is 0 Å². The SMILES string of the molecule is CC1(COc2ccccc2)CC(n2cncn2)C(c2ccc(C(F)(F)F)cc2)=NO1. The van der Waals surface area contributed by atoms with Gasteiger partial charge in [0.1, 0.15) is 36.8 Å². The first-order valence-electron chi connectivity index (χ1n) is 9.30. The molecule has 6 nitrogen and oxygen atoms in total. The summed E-state index contributed by atoms with van der Waals surface area (Å²) in [5.74, 6) is 0.706. The molecule has 1 aliphatic rings. The minimum Gasteiger partial charge on any atom is -0.489 e. The Balaban J connectivity index is 1.60. The summed E-state index contributed by atoms with van der Waals surface area (Å²) < 4.78 is 46.2. The second kappa shape index (κ2) is 7.81. The van der Waals surface area contributed by atoms with E-state index in [1.54, 1.807) is 11.0 Å². The second-order valence-corrected chi connectivity index (χ2v) is 7.29. The molecule has 1 aliphatic heterocycles. The zero-order valence-electron chi connectivity index (χ0n) is 16.1. The van der Waals surface area contributed by atoms with Gasteiger partial charge in [-0.1, -0.05) is 35.5 Å². The number of rotatable bonds is 5. The van der Waals surface area contributed by atoms with Gasteiger partial charge in [-0.15, -0.1) is 0 Å². The highest BCUT2D eigenvalue weighted by atomic mass is 19.4. The van der Waals surface area contributed by atoms with E-state index in [0.717, 1.165) is 12.1 Å². The largest absolute Gasteiger partial charge is 0.489 e. The highest BCUT2D eigenvalue weighted by Gasteiger charge is 2.40. The van der Waals surface area contributed by atoms with Gasteiger partial charge in [-0.2, -0.15) is 18.3 Å².